The molecule has 0 bridgehead atoms. The number of fused-ring (bicyclic) bond motifs is 1. The van der Waals surface area contributed by atoms with E-state index in [9.17, 15) is 4.79 Å². The molecule has 1 amide bonds. The van der Waals surface area contributed by atoms with Crippen molar-refractivity contribution in [2.75, 3.05) is 13.1 Å². The first-order chi connectivity index (χ1) is 8.83. The second-order valence-electron chi connectivity index (χ2n) is 5.40. The van der Waals surface area contributed by atoms with E-state index in [2.05, 4.69) is 34.9 Å². The SMILES string of the molecule is O=C1CC(NCC2Cc3ccccc32)CCCN1. The lowest BCUT2D eigenvalue weighted by molar-refractivity contribution is -0.121. The van der Waals surface area contributed by atoms with Crippen LogP contribution in [0.2, 0.25) is 0 Å². The van der Waals surface area contributed by atoms with Gasteiger partial charge in [0.25, 0.3) is 0 Å². The first-order valence-corrected chi connectivity index (χ1v) is 6.91. The molecule has 0 spiro atoms. The molecule has 2 N–H and O–H groups in total. The maximum atomic E-state index is 11.5. The molecule has 3 heteroatoms. The maximum absolute atomic E-state index is 11.5. The summed E-state index contributed by atoms with van der Waals surface area (Å²) in [7, 11) is 0. The van der Waals surface area contributed by atoms with E-state index in [0.717, 1.165) is 25.9 Å². The summed E-state index contributed by atoms with van der Waals surface area (Å²) in [5.41, 5.74) is 2.98. The van der Waals surface area contributed by atoms with Crippen LogP contribution in [0.4, 0.5) is 0 Å². The minimum Gasteiger partial charge on any atom is -0.356 e. The largest absolute Gasteiger partial charge is 0.356 e. The van der Waals surface area contributed by atoms with E-state index in [-0.39, 0.29) is 5.91 Å². The van der Waals surface area contributed by atoms with Crippen LogP contribution in [0.1, 0.15) is 36.3 Å². The number of amides is 1. The van der Waals surface area contributed by atoms with Crippen molar-refractivity contribution in [2.24, 2.45) is 0 Å². The minimum absolute atomic E-state index is 0.194. The van der Waals surface area contributed by atoms with Crippen molar-refractivity contribution in [3.8, 4) is 0 Å². The molecule has 2 aliphatic rings. The van der Waals surface area contributed by atoms with E-state index in [1.54, 1.807) is 0 Å². The third kappa shape index (κ3) is 2.41. The molecule has 1 fully saturated rings. The van der Waals surface area contributed by atoms with E-state index >= 15 is 0 Å². The Bertz CT molecular complexity index is 444. The molecule has 2 unspecified atom stereocenters. The van der Waals surface area contributed by atoms with Crippen molar-refractivity contribution in [3.63, 3.8) is 0 Å². The van der Waals surface area contributed by atoms with Crippen LogP contribution in [0.25, 0.3) is 0 Å². The molecule has 1 aliphatic heterocycles. The summed E-state index contributed by atoms with van der Waals surface area (Å²) in [6.07, 6.45) is 4.01. The zero-order valence-electron chi connectivity index (χ0n) is 10.6. The van der Waals surface area contributed by atoms with Gasteiger partial charge in [-0.3, -0.25) is 4.79 Å². The lowest BCUT2D eigenvalue weighted by Crippen LogP contribution is -2.37. The second kappa shape index (κ2) is 5.11. The van der Waals surface area contributed by atoms with Gasteiger partial charge >= 0.3 is 0 Å². The van der Waals surface area contributed by atoms with Gasteiger partial charge in [-0.25, -0.2) is 0 Å². The Morgan fingerprint density at radius 2 is 2.17 bits per heavy atom. The lowest BCUT2D eigenvalue weighted by Gasteiger charge is -2.31. The molecular weight excluding hydrogens is 224 g/mol. The first-order valence-electron chi connectivity index (χ1n) is 6.91. The third-order valence-corrected chi connectivity index (χ3v) is 4.10. The standard InChI is InChI=1S/C15H20N2O/c18-15-9-13(5-3-7-16-15)17-10-12-8-11-4-1-2-6-14(11)12/h1-2,4,6,12-13,17H,3,5,7-10H2,(H,16,18). The number of carbonyl (C=O) groups excluding carboxylic acids is 1. The average molecular weight is 244 g/mol. The number of carbonyl (C=O) groups is 1. The van der Waals surface area contributed by atoms with Crippen LogP contribution in [0.5, 0.6) is 0 Å². The number of hydrogen-bond donors (Lipinski definition) is 2. The summed E-state index contributed by atoms with van der Waals surface area (Å²) < 4.78 is 0. The zero-order chi connectivity index (χ0) is 12.4. The molecule has 1 aliphatic carbocycles. The molecule has 2 atom stereocenters. The summed E-state index contributed by atoms with van der Waals surface area (Å²) >= 11 is 0. The Kier molecular flexibility index (Phi) is 3.33. The number of hydrogen-bond acceptors (Lipinski definition) is 2. The summed E-state index contributed by atoms with van der Waals surface area (Å²) in [6, 6.07) is 9.03. The highest BCUT2D eigenvalue weighted by atomic mass is 16.1. The molecule has 18 heavy (non-hydrogen) atoms. The Labute approximate surface area is 108 Å². The van der Waals surface area contributed by atoms with Crippen LogP contribution in [-0.2, 0) is 11.2 Å². The van der Waals surface area contributed by atoms with Crippen LogP contribution in [-0.4, -0.2) is 25.0 Å². The molecule has 96 valence electrons. The Morgan fingerprint density at radius 1 is 1.28 bits per heavy atom. The summed E-state index contributed by atoms with van der Waals surface area (Å²) in [4.78, 5) is 11.5. The van der Waals surface area contributed by atoms with E-state index < -0.39 is 0 Å². The number of nitrogens with one attached hydrogen (secondary N) is 2. The fourth-order valence-corrected chi connectivity index (χ4v) is 3.00. The molecule has 0 saturated carbocycles. The van der Waals surface area contributed by atoms with Crippen molar-refractivity contribution in [2.45, 2.75) is 37.6 Å². The van der Waals surface area contributed by atoms with Gasteiger partial charge in [0, 0.05) is 31.5 Å². The highest BCUT2D eigenvalue weighted by Gasteiger charge is 2.26. The molecule has 0 radical (unpaired) electrons. The second-order valence-corrected chi connectivity index (χ2v) is 5.40. The van der Waals surface area contributed by atoms with Gasteiger partial charge in [-0.05, 0) is 30.4 Å². The highest BCUT2D eigenvalue weighted by molar-refractivity contribution is 5.76. The molecule has 1 aromatic rings. The van der Waals surface area contributed by atoms with Gasteiger partial charge in [0.05, 0.1) is 0 Å². The fourth-order valence-electron chi connectivity index (χ4n) is 3.00. The van der Waals surface area contributed by atoms with Crippen LogP contribution in [0, 0.1) is 0 Å². The smallest absolute Gasteiger partial charge is 0.221 e. The highest BCUT2D eigenvalue weighted by Crippen LogP contribution is 2.34. The van der Waals surface area contributed by atoms with Crippen molar-refractivity contribution in [1.29, 1.82) is 0 Å². The van der Waals surface area contributed by atoms with Gasteiger partial charge in [-0.1, -0.05) is 24.3 Å². The zero-order valence-corrected chi connectivity index (χ0v) is 10.6. The molecule has 1 saturated heterocycles. The molecule has 3 nitrogen and oxygen atoms in total. The van der Waals surface area contributed by atoms with E-state index in [0.29, 0.717) is 18.4 Å². The van der Waals surface area contributed by atoms with Gasteiger partial charge < -0.3 is 10.6 Å². The predicted molar refractivity (Wildman–Crippen MR) is 71.5 cm³/mol. The van der Waals surface area contributed by atoms with Crippen molar-refractivity contribution in [3.05, 3.63) is 35.4 Å². The summed E-state index contributed by atoms with van der Waals surface area (Å²) in [6.45, 7) is 1.85. The van der Waals surface area contributed by atoms with Gasteiger partial charge in [-0.15, -0.1) is 0 Å². The quantitative estimate of drug-likeness (QED) is 0.847. The molecule has 0 aromatic heterocycles. The average Bonchev–Trinajstić information content (AvgIpc) is 2.55. The van der Waals surface area contributed by atoms with Gasteiger partial charge in [0.2, 0.25) is 5.91 Å². The topological polar surface area (TPSA) is 41.1 Å². The lowest BCUT2D eigenvalue weighted by atomic mass is 9.77. The van der Waals surface area contributed by atoms with Gasteiger partial charge in [0.15, 0.2) is 0 Å². The van der Waals surface area contributed by atoms with E-state index in [1.807, 2.05) is 0 Å². The van der Waals surface area contributed by atoms with Crippen LogP contribution in [0.15, 0.2) is 24.3 Å². The minimum atomic E-state index is 0.194. The van der Waals surface area contributed by atoms with E-state index in [1.165, 1.54) is 17.5 Å². The molecule has 3 rings (SSSR count). The monoisotopic (exact) mass is 244 g/mol. The van der Waals surface area contributed by atoms with Crippen LogP contribution >= 0.6 is 0 Å². The van der Waals surface area contributed by atoms with Crippen molar-refractivity contribution >= 4 is 5.91 Å². The number of rotatable bonds is 3. The van der Waals surface area contributed by atoms with Crippen molar-refractivity contribution < 1.29 is 4.79 Å². The molecular formula is C15H20N2O. The van der Waals surface area contributed by atoms with Crippen molar-refractivity contribution in [1.82, 2.24) is 10.6 Å². The third-order valence-electron chi connectivity index (χ3n) is 4.10. The van der Waals surface area contributed by atoms with E-state index in [4.69, 9.17) is 0 Å². The fraction of sp³-hybridized carbons (Fsp3) is 0.533. The normalized spacial score (nSPS) is 26.8. The Hall–Kier alpha value is -1.35. The Morgan fingerprint density at radius 3 is 3.06 bits per heavy atom. The van der Waals surface area contributed by atoms with Gasteiger partial charge in [0.1, 0.15) is 0 Å². The Balaban J connectivity index is 1.52. The number of benzene rings is 1. The van der Waals surface area contributed by atoms with Crippen LogP contribution < -0.4 is 10.6 Å². The molecule has 1 heterocycles. The maximum Gasteiger partial charge on any atom is 0.221 e. The molecule has 1 aromatic carbocycles. The first kappa shape index (κ1) is 11.7. The predicted octanol–water partition coefficient (Wildman–Crippen LogP) is 1.58. The summed E-state index contributed by atoms with van der Waals surface area (Å²) in [5, 5.41) is 6.50. The van der Waals surface area contributed by atoms with Crippen LogP contribution in [0.3, 0.4) is 0 Å². The summed E-state index contributed by atoms with van der Waals surface area (Å²) in [5.74, 6) is 0.839. The van der Waals surface area contributed by atoms with Gasteiger partial charge in [-0.2, -0.15) is 0 Å².